The van der Waals surface area contributed by atoms with Gasteiger partial charge >= 0.3 is 5.00 Å². The lowest BCUT2D eigenvalue weighted by Crippen LogP contribution is -1.96. The summed E-state index contributed by atoms with van der Waals surface area (Å²) in [6.07, 6.45) is -1.08. The van der Waals surface area contributed by atoms with E-state index in [0.717, 1.165) is 0 Å². The van der Waals surface area contributed by atoms with E-state index >= 15 is 0 Å². The van der Waals surface area contributed by atoms with Crippen LogP contribution in [0.4, 0.5) is 10.7 Å². The number of thiophene rings is 1. The Morgan fingerprint density at radius 1 is 1.33 bits per heavy atom. The molecule has 7 nitrogen and oxygen atoms in total. The van der Waals surface area contributed by atoms with Crippen LogP contribution in [0.5, 0.6) is 0 Å². The van der Waals surface area contributed by atoms with Crippen LogP contribution in [0.3, 0.4) is 0 Å². The van der Waals surface area contributed by atoms with Gasteiger partial charge in [-0.15, -0.1) is 0 Å². The molecule has 1 heterocycles. The van der Waals surface area contributed by atoms with Crippen LogP contribution in [-0.2, 0) is 0 Å². The molecule has 1 aromatic heterocycles. The van der Waals surface area contributed by atoms with Crippen LogP contribution in [0.1, 0.15) is 23.5 Å². The average Bonchev–Trinajstić information content (AvgIpc) is 2.42. The largest absolute Gasteiger partial charge is 0.388 e. The second-order valence-electron chi connectivity index (χ2n) is 2.94. The number of hydrogen-bond acceptors (Lipinski definition) is 6. The van der Waals surface area contributed by atoms with Crippen molar-refractivity contribution in [3.63, 3.8) is 0 Å². The predicted molar refractivity (Wildman–Crippen MR) is 53.0 cm³/mol. The Morgan fingerprint density at radius 3 is 2.13 bits per heavy atom. The van der Waals surface area contributed by atoms with E-state index < -0.39 is 16.0 Å². The van der Waals surface area contributed by atoms with Crippen LogP contribution in [0.2, 0.25) is 0 Å². The molecule has 8 heteroatoms. The lowest BCUT2D eigenvalue weighted by Gasteiger charge is -1.98. The van der Waals surface area contributed by atoms with E-state index in [9.17, 15) is 25.3 Å². The number of hydrogen-bond donors (Lipinski definition) is 1. The number of aliphatic hydroxyl groups is 1. The molecule has 0 aromatic carbocycles. The van der Waals surface area contributed by atoms with Crippen LogP contribution in [0.25, 0.3) is 0 Å². The first-order valence-corrected chi connectivity index (χ1v) is 4.78. The molecule has 15 heavy (non-hydrogen) atoms. The zero-order valence-corrected chi connectivity index (χ0v) is 8.78. The molecule has 1 unspecified atom stereocenters. The van der Waals surface area contributed by atoms with Gasteiger partial charge in [-0.1, -0.05) is 11.3 Å². The summed E-state index contributed by atoms with van der Waals surface area (Å²) < 4.78 is 0. The Morgan fingerprint density at radius 2 is 1.87 bits per heavy atom. The van der Waals surface area contributed by atoms with Crippen LogP contribution in [-0.4, -0.2) is 15.0 Å². The molecule has 0 aliphatic rings. The Balaban J connectivity index is 3.46. The van der Waals surface area contributed by atoms with Gasteiger partial charge in [0.15, 0.2) is 0 Å². The lowest BCUT2D eigenvalue weighted by molar-refractivity contribution is -0.391. The van der Waals surface area contributed by atoms with Crippen molar-refractivity contribution in [3.05, 3.63) is 30.7 Å². The fourth-order valence-electron chi connectivity index (χ4n) is 1.20. The minimum absolute atomic E-state index is 0.00843. The highest BCUT2D eigenvalue weighted by Crippen LogP contribution is 2.42. The first kappa shape index (κ1) is 11.5. The van der Waals surface area contributed by atoms with Crippen LogP contribution in [0, 0.1) is 27.2 Å². The highest BCUT2D eigenvalue weighted by molar-refractivity contribution is 7.16. The maximum atomic E-state index is 10.7. The molecular formula is C7H8N2O5S. The minimum atomic E-state index is -1.08. The zero-order chi connectivity index (χ0) is 11.7. The molecule has 0 aliphatic heterocycles. The molecule has 1 N–H and O–H groups in total. The quantitative estimate of drug-likeness (QED) is 0.632. The van der Waals surface area contributed by atoms with E-state index in [1.165, 1.54) is 13.8 Å². The molecule has 82 valence electrons. The Kier molecular flexibility index (Phi) is 3.01. The maximum Gasteiger partial charge on any atom is 0.334 e. The maximum absolute atomic E-state index is 10.7. The van der Waals surface area contributed by atoms with Gasteiger partial charge in [0.25, 0.3) is 5.69 Å². The van der Waals surface area contributed by atoms with Crippen LogP contribution in [0.15, 0.2) is 0 Å². The molecule has 0 saturated heterocycles. The number of nitrogens with zero attached hydrogens (tertiary/aromatic N) is 2. The first-order chi connectivity index (χ1) is 6.86. The van der Waals surface area contributed by atoms with E-state index in [2.05, 4.69) is 0 Å². The van der Waals surface area contributed by atoms with E-state index in [-0.39, 0.29) is 21.1 Å². The summed E-state index contributed by atoms with van der Waals surface area (Å²) in [5, 5.41) is 30.2. The molecule has 0 saturated carbocycles. The summed E-state index contributed by atoms with van der Waals surface area (Å²) in [6, 6.07) is 0. The van der Waals surface area contributed by atoms with Crippen molar-refractivity contribution in [2.75, 3.05) is 0 Å². The van der Waals surface area contributed by atoms with Crippen molar-refractivity contribution in [1.82, 2.24) is 0 Å². The molecule has 1 atom stereocenters. The SMILES string of the molecule is Cc1c([N+](=O)[O-])sc(C(C)O)c1[N+](=O)[O-]. The van der Waals surface area contributed by atoms with Gasteiger partial charge in [-0.3, -0.25) is 20.2 Å². The normalized spacial score (nSPS) is 12.5. The number of aliphatic hydroxyl groups excluding tert-OH is 1. The minimum Gasteiger partial charge on any atom is -0.388 e. The van der Waals surface area contributed by atoms with Gasteiger partial charge in [0.1, 0.15) is 10.4 Å². The first-order valence-electron chi connectivity index (χ1n) is 3.96. The average molecular weight is 232 g/mol. The summed E-state index contributed by atoms with van der Waals surface area (Å²) in [6.45, 7) is 2.64. The standard InChI is InChI=1S/C7H8N2O5S/c1-3-5(8(11)12)6(4(2)10)15-7(3)9(13)14/h4,10H,1-2H3. The van der Waals surface area contributed by atoms with E-state index in [4.69, 9.17) is 0 Å². The summed E-state index contributed by atoms with van der Waals surface area (Å²) in [5.41, 5.74) is -0.368. The van der Waals surface area contributed by atoms with Crippen LogP contribution < -0.4 is 0 Å². The summed E-state index contributed by atoms with van der Waals surface area (Å²) in [5.74, 6) is 0. The fourth-order valence-corrected chi connectivity index (χ4v) is 2.23. The van der Waals surface area contributed by atoms with E-state index in [0.29, 0.717) is 11.3 Å². The molecule has 0 bridgehead atoms. The lowest BCUT2D eigenvalue weighted by atomic mass is 10.2. The molecule has 0 amide bonds. The predicted octanol–water partition coefficient (Wildman–Crippen LogP) is 1.93. The summed E-state index contributed by atoms with van der Waals surface area (Å²) >= 11 is 0.640. The Hall–Kier alpha value is -1.54. The molecule has 1 aromatic rings. The molecule has 0 fully saturated rings. The molecule has 0 spiro atoms. The highest BCUT2D eigenvalue weighted by Gasteiger charge is 2.32. The fraction of sp³-hybridized carbons (Fsp3) is 0.429. The third kappa shape index (κ3) is 1.95. The van der Waals surface area contributed by atoms with E-state index in [1.54, 1.807) is 0 Å². The summed E-state index contributed by atoms with van der Waals surface area (Å²) in [7, 11) is 0. The Labute approximate surface area is 88.3 Å². The van der Waals surface area contributed by atoms with Gasteiger partial charge in [-0.2, -0.15) is 0 Å². The number of rotatable bonds is 3. The molecule has 0 radical (unpaired) electrons. The van der Waals surface area contributed by atoms with Crippen molar-refractivity contribution >= 4 is 22.0 Å². The van der Waals surface area contributed by atoms with Gasteiger partial charge in [-0.05, 0) is 13.8 Å². The highest BCUT2D eigenvalue weighted by atomic mass is 32.1. The number of nitro groups is 2. The van der Waals surface area contributed by atoms with Crippen molar-refractivity contribution in [1.29, 1.82) is 0 Å². The van der Waals surface area contributed by atoms with Gasteiger partial charge < -0.3 is 5.11 Å². The summed E-state index contributed by atoms with van der Waals surface area (Å²) in [4.78, 5) is 19.8. The zero-order valence-electron chi connectivity index (χ0n) is 7.96. The second-order valence-corrected chi connectivity index (χ2v) is 3.97. The molecular weight excluding hydrogens is 224 g/mol. The van der Waals surface area contributed by atoms with E-state index in [1.807, 2.05) is 0 Å². The van der Waals surface area contributed by atoms with Gasteiger partial charge in [-0.25, -0.2) is 0 Å². The van der Waals surface area contributed by atoms with Gasteiger partial charge in [0.05, 0.1) is 16.0 Å². The molecule has 1 rings (SSSR count). The topological polar surface area (TPSA) is 107 Å². The Bertz CT molecular complexity index is 425. The third-order valence-electron chi connectivity index (χ3n) is 1.84. The molecule has 0 aliphatic carbocycles. The third-order valence-corrected chi connectivity index (χ3v) is 3.25. The van der Waals surface area contributed by atoms with Crippen molar-refractivity contribution in [2.24, 2.45) is 0 Å². The van der Waals surface area contributed by atoms with Crippen molar-refractivity contribution in [3.8, 4) is 0 Å². The van der Waals surface area contributed by atoms with Crippen LogP contribution >= 0.6 is 11.3 Å². The van der Waals surface area contributed by atoms with Crippen molar-refractivity contribution in [2.45, 2.75) is 20.0 Å². The monoisotopic (exact) mass is 232 g/mol. The second kappa shape index (κ2) is 3.91. The van der Waals surface area contributed by atoms with Gasteiger partial charge in [0, 0.05) is 0 Å². The van der Waals surface area contributed by atoms with Crippen molar-refractivity contribution < 1.29 is 15.0 Å². The smallest absolute Gasteiger partial charge is 0.334 e. The van der Waals surface area contributed by atoms with Gasteiger partial charge in [0.2, 0.25) is 0 Å².